The predicted octanol–water partition coefficient (Wildman–Crippen LogP) is 4.35. The minimum Gasteiger partial charge on any atom is -0.508 e. The average Bonchev–Trinajstić information content (AvgIpc) is 2.91. The molecule has 0 bridgehead atoms. The van der Waals surface area contributed by atoms with E-state index in [9.17, 15) is 29.7 Å². The minimum atomic E-state index is -1.37. The lowest BCUT2D eigenvalue weighted by atomic mass is 9.99. The van der Waals surface area contributed by atoms with Gasteiger partial charge in [0.25, 0.3) is 5.91 Å². The van der Waals surface area contributed by atoms with Gasteiger partial charge >= 0.3 is 6.09 Å². The number of nitrogens with zero attached hydrogens (tertiary/aromatic N) is 1. The van der Waals surface area contributed by atoms with E-state index in [2.05, 4.69) is 10.6 Å². The smallest absolute Gasteiger partial charge is 0.408 e. The number of aryl methyl sites for hydroxylation is 2. The zero-order valence-electron chi connectivity index (χ0n) is 24.5. The molecule has 0 saturated carbocycles. The number of aromatic hydroxyl groups is 2. The molecule has 0 radical (unpaired) electrons. The molecule has 0 saturated heterocycles. The van der Waals surface area contributed by atoms with Gasteiger partial charge < -0.3 is 35.6 Å². The summed E-state index contributed by atoms with van der Waals surface area (Å²) in [6, 6.07) is 15.2. The summed E-state index contributed by atoms with van der Waals surface area (Å²) in [5.41, 5.74) is 2.08. The van der Waals surface area contributed by atoms with Gasteiger partial charge in [-0.2, -0.15) is 0 Å². The standard InChI is InChI=1S/C32H39N3O7/c1-20-9-8-10-21(2)27(20)34-29(39)28(24-11-6-7-12-26(24)38)35(17-18-36)30(40)25(33-31(41)42-32(3,4)5)19-22-13-15-23(37)16-14-22/h6-16,25,28,36-38H,17-19H2,1-5H3,(H,33,41)(H,34,39). The second kappa shape index (κ2) is 13.9. The van der Waals surface area contributed by atoms with E-state index in [1.54, 1.807) is 45.0 Å². The Morgan fingerprint density at radius 2 is 1.52 bits per heavy atom. The first-order chi connectivity index (χ1) is 19.8. The van der Waals surface area contributed by atoms with Crippen LogP contribution in [-0.4, -0.2) is 62.9 Å². The van der Waals surface area contributed by atoms with Crippen molar-refractivity contribution in [2.75, 3.05) is 18.5 Å². The summed E-state index contributed by atoms with van der Waals surface area (Å²) in [6.45, 7) is 7.97. The molecule has 0 aliphatic rings. The zero-order chi connectivity index (χ0) is 31.0. The maximum atomic E-state index is 14.3. The van der Waals surface area contributed by atoms with Crippen LogP contribution in [-0.2, 0) is 20.7 Å². The summed E-state index contributed by atoms with van der Waals surface area (Å²) >= 11 is 0. The number of aliphatic hydroxyl groups is 1. The van der Waals surface area contributed by atoms with Crippen molar-refractivity contribution >= 4 is 23.6 Å². The third kappa shape index (κ3) is 8.47. The van der Waals surface area contributed by atoms with Crippen LogP contribution in [0.3, 0.4) is 0 Å². The number of hydrogen-bond donors (Lipinski definition) is 5. The van der Waals surface area contributed by atoms with Crippen molar-refractivity contribution in [3.05, 3.63) is 89.0 Å². The van der Waals surface area contributed by atoms with E-state index in [-0.39, 0.29) is 30.0 Å². The van der Waals surface area contributed by atoms with Crippen molar-refractivity contribution in [1.29, 1.82) is 0 Å². The maximum absolute atomic E-state index is 14.3. The number of phenolic OH excluding ortho intramolecular Hbond substituents is 2. The molecule has 2 unspecified atom stereocenters. The van der Waals surface area contributed by atoms with Crippen molar-refractivity contribution in [3.8, 4) is 11.5 Å². The summed E-state index contributed by atoms with van der Waals surface area (Å²) in [5.74, 6) is -1.49. The zero-order valence-corrected chi connectivity index (χ0v) is 24.5. The second-order valence-corrected chi connectivity index (χ2v) is 11.0. The molecule has 0 aliphatic heterocycles. The molecule has 3 amide bonds. The molecule has 3 aromatic carbocycles. The Morgan fingerprint density at radius 1 is 0.905 bits per heavy atom. The molecule has 0 spiro atoms. The molecule has 5 N–H and O–H groups in total. The monoisotopic (exact) mass is 577 g/mol. The number of benzene rings is 3. The number of para-hydroxylation sites is 2. The molecule has 2 atom stereocenters. The van der Waals surface area contributed by atoms with Crippen LogP contribution in [0.25, 0.3) is 0 Å². The van der Waals surface area contributed by atoms with Gasteiger partial charge in [0, 0.05) is 24.2 Å². The van der Waals surface area contributed by atoms with Gasteiger partial charge in [0.2, 0.25) is 5.91 Å². The summed E-state index contributed by atoms with van der Waals surface area (Å²) in [5, 5.41) is 36.0. The molecular weight excluding hydrogens is 538 g/mol. The predicted molar refractivity (Wildman–Crippen MR) is 159 cm³/mol. The first kappa shape index (κ1) is 32.0. The van der Waals surface area contributed by atoms with Gasteiger partial charge in [-0.15, -0.1) is 0 Å². The number of amides is 3. The molecule has 10 heteroatoms. The van der Waals surface area contributed by atoms with Crippen molar-refractivity contribution in [2.45, 2.75) is 58.7 Å². The number of ether oxygens (including phenoxy) is 1. The van der Waals surface area contributed by atoms with Crippen LogP contribution in [0.5, 0.6) is 11.5 Å². The van der Waals surface area contributed by atoms with Crippen molar-refractivity contribution in [3.63, 3.8) is 0 Å². The average molecular weight is 578 g/mol. The largest absolute Gasteiger partial charge is 0.508 e. The molecule has 224 valence electrons. The Kier molecular flexibility index (Phi) is 10.5. The van der Waals surface area contributed by atoms with Crippen molar-refractivity contribution in [1.82, 2.24) is 10.2 Å². The van der Waals surface area contributed by atoms with Crippen molar-refractivity contribution in [2.24, 2.45) is 0 Å². The lowest BCUT2D eigenvalue weighted by molar-refractivity contribution is -0.141. The van der Waals surface area contributed by atoms with Crippen LogP contribution in [0.4, 0.5) is 10.5 Å². The van der Waals surface area contributed by atoms with E-state index in [4.69, 9.17) is 4.74 Å². The summed E-state index contributed by atoms with van der Waals surface area (Å²) in [7, 11) is 0. The van der Waals surface area contributed by atoms with E-state index in [0.29, 0.717) is 11.3 Å². The van der Waals surface area contributed by atoms with Gasteiger partial charge in [-0.05, 0) is 69.5 Å². The van der Waals surface area contributed by atoms with E-state index in [1.807, 2.05) is 32.0 Å². The first-order valence-electron chi connectivity index (χ1n) is 13.6. The molecule has 10 nitrogen and oxygen atoms in total. The fourth-order valence-electron chi connectivity index (χ4n) is 4.56. The SMILES string of the molecule is Cc1cccc(C)c1NC(=O)C(c1ccccc1O)N(CCO)C(=O)C(Cc1ccc(O)cc1)NC(=O)OC(C)(C)C. The molecular formula is C32H39N3O7. The maximum Gasteiger partial charge on any atom is 0.408 e. The highest BCUT2D eigenvalue weighted by Crippen LogP contribution is 2.32. The Bertz CT molecular complexity index is 1380. The number of nitrogens with one attached hydrogen (secondary N) is 2. The van der Waals surface area contributed by atoms with Crippen LogP contribution in [0.1, 0.15) is 49.1 Å². The third-order valence-electron chi connectivity index (χ3n) is 6.51. The lowest BCUT2D eigenvalue weighted by Crippen LogP contribution is -2.54. The highest BCUT2D eigenvalue weighted by atomic mass is 16.6. The summed E-state index contributed by atoms with van der Waals surface area (Å²) in [4.78, 5) is 42.2. The van der Waals surface area contributed by atoms with E-state index in [0.717, 1.165) is 16.0 Å². The molecule has 3 rings (SSSR count). The van der Waals surface area contributed by atoms with E-state index >= 15 is 0 Å². The molecule has 42 heavy (non-hydrogen) atoms. The number of phenols is 2. The van der Waals surface area contributed by atoms with Crippen LogP contribution in [0.2, 0.25) is 0 Å². The number of hydrogen-bond acceptors (Lipinski definition) is 7. The highest BCUT2D eigenvalue weighted by molar-refractivity contribution is 6.00. The van der Waals surface area contributed by atoms with Crippen LogP contribution in [0, 0.1) is 13.8 Å². The normalized spacial score (nSPS) is 12.6. The number of carbonyl (C=O) groups is 3. The minimum absolute atomic E-state index is 0.00764. The topological polar surface area (TPSA) is 148 Å². The van der Waals surface area contributed by atoms with Gasteiger partial charge in [0.15, 0.2) is 0 Å². The van der Waals surface area contributed by atoms with Gasteiger partial charge in [-0.25, -0.2) is 4.79 Å². The molecule has 0 heterocycles. The Hall–Kier alpha value is -4.57. The third-order valence-corrected chi connectivity index (χ3v) is 6.51. The van der Waals surface area contributed by atoms with Gasteiger partial charge in [0.1, 0.15) is 29.2 Å². The molecule has 0 fully saturated rings. The van der Waals surface area contributed by atoms with Crippen molar-refractivity contribution < 1.29 is 34.4 Å². The lowest BCUT2D eigenvalue weighted by Gasteiger charge is -2.34. The molecule has 3 aromatic rings. The second-order valence-electron chi connectivity index (χ2n) is 11.0. The molecule has 0 aromatic heterocycles. The number of rotatable bonds is 10. The number of aliphatic hydroxyl groups excluding tert-OH is 1. The van der Waals surface area contributed by atoms with Crippen LogP contribution < -0.4 is 10.6 Å². The summed E-state index contributed by atoms with van der Waals surface area (Å²) < 4.78 is 5.40. The molecule has 0 aliphatic carbocycles. The van der Waals surface area contributed by atoms with Crippen LogP contribution in [0.15, 0.2) is 66.7 Å². The Morgan fingerprint density at radius 3 is 2.10 bits per heavy atom. The fraction of sp³-hybridized carbons (Fsp3) is 0.344. The number of anilines is 1. The van der Waals surface area contributed by atoms with Gasteiger partial charge in [0.05, 0.1) is 6.61 Å². The quantitative estimate of drug-likeness (QED) is 0.241. The van der Waals surface area contributed by atoms with E-state index in [1.165, 1.54) is 24.3 Å². The van der Waals surface area contributed by atoms with E-state index < -0.39 is 42.2 Å². The number of alkyl carbamates (subject to hydrolysis) is 1. The first-order valence-corrected chi connectivity index (χ1v) is 13.6. The fourth-order valence-corrected chi connectivity index (χ4v) is 4.56. The highest BCUT2D eigenvalue weighted by Gasteiger charge is 2.37. The summed E-state index contributed by atoms with van der Waals surface area (Å²) in [6.07, 6.45) is -0.852. The van der Waals surface area contributed by atoms with Gasteiger partial charge in [-0.1, -0.05) is 48.5 Å². The Balaban J connectivity index is 2.08. The van der Waals surface area contributed by atoms with Crippen LogP contribution >= 0.6 is 0 Å². The van der Waals surface area contributed by atoms with Gasteiger partial charge in [-0.3, -0.25) is 9.59 Å². The number of carbonyl (C=O) groups excluding carboxylic acids is 3. The Labute approximate surface area is 245 Å².